The number of rotatable bonds is 8. The molecule has 0 aromatic heterocycles. The van der Waals surface area contributed by atoms with Crippen LogP contribution in [-0.4, -0.2) is 49.8 Å². The van der Waals surface area contributed by atoms with Gasteiger partial charge in [0.1, 0.15) is 18.0 Å². The van der Waals surface area contributed by atoms with Crippen molar-refractivity contribution < 1.29 is 14.3 Å². The Balaban J connectivity index is 1.45. The zero-order valence-electron chi connectivity index (χ0n) is 17.2. The summed E-state index contributed by atoms with van der Waals surface area (Å²) in [4.78, 5) is 15.1. The molecule has 2 aliphatic rings. The van der Waals surface area contributed by atoms with E-state index in [1.165, 1.54) is 6.42 Å². The average molecular weight is 375 g/mol. The van der Waals surface area contributed by atoms with Gasteiger partial charge in [0, 0.05) is 32.4 Å². The Hall–Kier alpha value is -1.59. The third-order valence-electron chi connectivity index (χ3n) is 5.96. The minimum absolute atomic E-state index is 0.0745. The predicted molar refractivity (Wildman–Crippen MR) is 108 cm³/mol. The Morgan fingerprint density at radius 3 is 2.37 bits per heavy atom. The summed E-state index contributed by atoms with van der Waals surface area (Å²) in [7, 11) is 1.61. The van der Waals surface area contributed by atoms with E-state index in [9.17, 15) is 4.79 Å². The Morgan fingerprint density at radius 1 is 1.19 bits per heavy atom. The second kappa shape index (κ2) is 8.61. The van der Waals surface area contributed by atoms with Crippen molar-refractivity contribution in [3.63, 3.8) is 0 Å². The standard InChI is InChI=1S/C22H34N2O3/c1-16-13-17(2)15-24(14-16)11-12-27-20-9-7-19(8-10-20)23-21(25)22(3,26-4)18-5-6-18/h7-10,16-18H,5-6,11-15H2,1-4H3,(H,23,25)/t16-,17-,22-/m1/s1. The summed E-state index contributed by atoms with van der Waals surface area (Å²) in [5.41, 5.74) is 0.0349. The van der Waals surface area contributed by atoms with Gasteiger partial charge in [0.15, 0.2) is 0 Å². The molecule has 1 amide bonds. The van der Waals surface area contributed by atoms with Crippen LogP contribution < -0.4 is 10.1 Å². The molecule has 0 radical (unpaired) electrons. The fraction of sp³-hybridized carbons (Fsp3) is 0.682. The lowest BCUT2D eigenvalue weighted by molar-refractivity contribution is -0.138. The van der Waals surface area contributed by atoms with Crippen LogP contribution in [0.15, 0.2) is 24.3 Å². The van der Waals surface area contributed by atoms with Crippen molar-refractivity contribution in [2.45, 2.75) is 45.6 Å². The van der Waals surface area contributed by atoms with Crippen molar-refractivity contribution in [2.24, 2.45) is 17.8 Å². The summed E-state index contributed by atoms with van der Waals surface area (Å²) in [5, 5.41) is 2.97. The van der Waals surface area contributed by atoms with Crippen LogP contribution >= 0.6 is 0 Å². The topological polar surface area (TPSA) is 50.8 Å². The number of methoxy groups -OCH3 is 1. The van der Waals surface area contributed by atoms with E-state index in [0.29, 0.717) is 12.5 Å². The van der Waals surface area contributed by atoms with Gasteiger partial charge in [0.05, 0.1) is 0 Å². The Bertz CT molecular complexity index is 619. The molecule has 1 aromatic rings. The van der Waals surface area contributed by atoms with Crippen molar-refractivity contribution in [3.05, 3.63) is 24.3 Å². The van der Waals surface area contributed by atoms with Crippen molar-refractivity contribution in [1.82, 2.24) is 4.90 Å². The molecule has 1 aromatic carbocycles. The maximum absolute atomic E-state index is 12.6. The van der Waals surface area contributed by atoms with Crippen molar-refractivity contribution in [1.29, 1.82) is 0 Å². The number of nitrogens with zero attached hydrogens (tertiary/aromatic N) is 1. The monoisotopic (exact) mass is 374 g/mol. The van der Waals surface area contributed by atoms with Crippen molar-refractivity contribution in [2.75, 3.05) is 38.7 Å². The quantitative estimate of drug-likeness (QED) is 0.752. The smallest absolute Gasteiger partial charge is 0.256 e. The molecule has 1 aliphatic carbocycles. The lowest BCUT2D eigenvalue weighted by Gasteiger charge is -2.34. The first-order valence-corrected chi connectivity index (χ1v) is 10.2. The fourth-order valence-electron chi connectivity index (χ4n) is 4.24. The number of hydrogen-bond acceptors (Lipinski definition) is 4. The van der Waals surface area contributed by atoms with Crippen LogP contribution in [0.4, 0.5) is 5.69 Å². The number of anilines is 1. The van der Waals surface area contributed by atoms with Crippen molar-refractivity contribution in [3.8, 4) is 5.75 Å². The molecule has 2 fully saturated rings. The molecule has 1 saturated heterocycles. The van der Waals surface area contributed by atoms with Crippen LogP contribution in [0.1, 0.15) is 40.0 Å². The molecule has 0 spiro atoms. The molecule has 150 valence electrons. The largest absolute Gasteiger partial charge is 0.492 e. The Kier molecular flexibility index (Phi) is 6.43. The van der Waals surface area contributed by atoms with Gasteiger partial charge in [0.25, 0.3) is 5.91 Å². The lowest BCUT2D eigenvalue weighted by Crippen LogP contribution is -2.44. The number of piperidine rings is 1. The normalized spacial score (nSPS) is 25.6. The van der Waals surface area contributed by atoms with Gasteiger partial charge in [-0.15, -0.1) is 0 Å². The van der Waals surface area contributed by atoms with Gasteiger partial charge in [-0.3, -0.25) is 9.69 Å². The number of nitrogens with one attached hydrogen (secondary N) is 1. The number of likely N-dealkylation sites (tertiary alicyclic amines) is 1. The molecule has 27 heavy (non-hydrogen) atoms. The number of hydrogen-bond donors (Lipinski definition) is 1. The van der Waals surface area contributed by atoms with Gasteiger partial charge in [-0.1, -0.05) is 13.8 Å². The third-order valence-corrected chi connectivity index (χ3v) is 5.96. The molecule has 1 heterocycles. The number of carbonyl (C=O) groups excluding carboxylic acids is 1. The minimum Gasteiger partial charge on any atom is -0.492 e. The van der Waals surface area contributed by atoms with Gasteiger partial charge in [-0.05, 0) is 68.2 Å². The maximum Gasteiger partial charge on any atom is 0.256 e. The van der Waals surface area contributed by atoms with Crippen LogP contribution in [0.25, 0.3) is 0 Å². The van der Waals surface area contributed by atoms with E-state index in [1.807, 2.05) is 31.2 Å². The SMILES string of the molecule is CO[C@@](C)(C(=O)Nc1ccc(OCCN2C[C@H](C)C[C@@H](C)C2)cc1)C1CC1. The predicted octanol–water partition coefficient (Wildman–Crippen LogP) is 3.80. The zero-order valence-corrected chi connectivity index (χ0v) is 17.2. The molecule has 1 saturated carbocycles. The van der Waals surface area contributed by atoms with Crippen LogP contribution in [-0.2, 0) is 9.53 Å². The van der Waals surface area contributed by atoms with Crippen LogP contribution in [0.3, 0.4) is 0 Å². The minimum atomic E-state index is -0.738. The molecular formula is C22H34N2O3. The second-order valence-electron chi connectivity index (χ2n) is 8.62. The molecule has 3 rings (SSSR count). The highest BCUT2D eigenvalue weighted by Gasteiger charge is 2.47. The van der Waals surface area contributed by atoms with E-state index in [-0.39, 0.29) is 5.91 Å². The summed E-state index contributed by atoms with van der Waals surface area (Å²) in [6.45, 7) is 10.5. The van der Waals surface area contributed by atoms with Gasteiger partial charge in [-0.25, -0.2) is 0 Å². The van der Waals surface area contributed by atoms with Gasteiger partial charge >= 0.3 is 0 Å². The summed E-state index contributed by atoms with van der Waals surface area (Å²) in [5.74, 6) is 2.62. The van der Waals surface area contributed by atoms with Gasteiger partial charge in [-0.2, -0.15) is 0 Å². The Morgan fingerprint density at radius 2 is 1.81 bits per heavy atom. The second-order valence-corrected chi connectivity index (χ2v) is 8.62. The number of carbonyl (C=O) groups is 1. The molecule has 5 heteroatoms. The maximum atomic E-state index is 12.6. The molecule has 0 unspecified atom stereocenters. The molecule has 1 aliphatic heterocycles. The summed E-state index contributed by atoms with van der Waals surface area (Å²) in [6.07, 6.45) is 3.44. The average Bonchev–Trinajstić information content (AvgIpc) is 3.47. The summed E-state index contributed by atoms with van der Waals surface area (Å²) < 4.78 is 11.4. The summed E-state index contributed by atoms with van der Waals surface area (Å²) in [6, 6.07) is 7.61. The molecule has 5 nitrogen and oxygen atoms in total. The number of benzene rings is 1. The first-order chi connectivity index (χ1) is 12.9. The first kappa shape index (κ1) is 20.2. The number of ether oxygens (including phenoxy) is 2. The van der Waals surface area contributed by atoms with E-state index in [1.54, 1.807) is 7.11 Å². The zero-order chi connectivity index (χ0) is 19.4. The number of amides is 1. The highest BCUT2D eigenvalue weighted by molar-refractivity contribution is 5.97. The third kappa shape index (κ3) is 5.23. The summed E-state index contributed by atoms with van der Waals surface area (Å²) >= 11 is 0. The molecule has 0 bridgehead atoms. The lowest BCUT2D eigenvalue weighted by atomic mass is 9.92. The van der Waals surface area contributed by atoms with E-state index >= 15 is 0 Å². The molecule has 1 N–H and O–H groups in total. The first-order valence-electron chi connectivity index (χ1n) is 10.2. The van der Waals surface area contributed by atoms with Crippen LogP contribution in [0, 0.1) is 17.8 Å². The van der Waals surface area contributed by atoms with Crippen molar-refractivity contribution >= 4 is 11.6 Å². The van der Waals surface area contributed by atoms with E-state index < -0.39 is 5.60 Å². The van der Waals surface area contributed by atoms with E-state index in [0.717, 1.165) is 55.7 Å². The van der Waals surface area contributed by atoms with Gasteiger partial charge in [0.2, 0.25) is 0 Å². The van der Waals surface area contributed by atoms with Crippen LogP contribution in [0.2, 0.25) is 0 Å². The van der Waals surface area contributed by atoms with Gasteiger partial charge < -0.3 is 14.8 Å². The molecular weight excluding hydrogens is 340 g/mol. The fourth-order valence-corrected chi connectivity index (χ4v) is 4.24. The van der Waals surface area contributed by atoms with E-state index in [2.05, 4.69) is 24.1 Å². The van der Waals surface area contributed by atoms with Crippen LogP contribution in [0.5, 0.6) is 5.75 Å². The molecule has 3 atom stereocenters. The van der Waals surface area contributed by atoms with E-state index in [4.69, 9.17) is 9.47 Å². The highest BCUT2D eigenvalue weighted by Crippen LogP contribution is 2.42. The highest BCUT2D eigenvalue weighted by atomic mass is 16.5. The Labute approximate surface area is 163 Å².